The molecule has 2 amide bonds. The fourth-order valence-electron chi connectivity index (χ4n) is 3.25. The number of furan rings is 1. The van der Waals surface area contributed by atoms with Crippen molar-refractivity contribution in [3.05, 3.63) is 24.2 Å². The van der Waals surface area contributed by atoms with Crippen LogP contribution in [0.15, 0.2) is 22.8 Å². The molecule has 7 heteroatoms. The van der Waals surface area contributed by atoms with Gasteiger partial charge in [0.1, 0.15) is 6.04 Å². The Labute approximate surface area is 160 Å². The fourth-order valence-corrected chi connectivity index (χ4v) is 3.25. The second-order valence-electron chi connectivity index (χ2n) is 7.53. The van der Waals surface area contributed by atoms with Crippen molar-refractivity contribution in [2.45, 2.75) is 65.0 Å². The van der Waals surface area contributed by atoms with Crippen molar-refractivity contribution in [1.29, 1.82) is 0 Å². The van der Waals surface area contributed by atoms with Gasteiger partial charge in [-0.3, -0.25) is 9.59 Å². The van der Waals surface area contributed by atoms with Crippen LogP contribution in [0.3, 0.4) is 0 Å². The molecule has 2 atom stereocenters. The molecule has 150 valence electrons. The Morgan fingerprint density at radius 3 is 2.74 bits per heavy atom. The molecule has 0 bridgehead atoms. The topological polar surface area (TPSA) is 88.9 Å². The monoisotopic (exact) mass is 378 g/mol. The maximum absolute atomic E-state index is 12.4. The van der Waals surface area contributed by atoms with Gasteiger partial charge in [0.05, 0.1) is 6.26 Å². The average Bonchev–Trinajstić information content (AvgIpc) is 3.30. The maximum Gasteiger partial charge on any atom is 0.329 e. The third kappa shape index (κ3) is 6.41. The number of carbonyl (C=O) groups is 3. The van der Waals surface area contributed by atoms with E-state index in [4.69, 9.17) is 9.15 Å². The quantitative estimate of drug-likeness (QED) is 0.668. The third-order valence-electron chi connectivity index (χ3n) is 4.69. The number of likely N-dealkylation sites (tertiary alicyclic amines) is 1. The number of amides is 2. The minimum Gasteiger partial charge on any atom is -0.459 e. The predicted octanol–water partition coefficient (Wildman–Crippen LogP) is 2.76. The Hall–Kier alpha value is -2.31. The van der Waals surface area contributed by atoms with Crippen molar-refractivity contribution in [2.24, 2.45) is 5.92 Å². The van der Waals surface area contributed by atoms with E-state index in [2.05, 4.69) is 19.2 Å². The normalized spacial score (nSPS) is 17.8. The molecule has 0 aliphatic carbocycles. The van der Waals surface area contributed by atoms with Gasteiger partial charge in [0, 0.05) is 12.6 Å². The van der Waals surface area contributed by atoms with Gasteiger partial charge in [-0.25, -0.2) is 4.79 Å². The Morgan fingerprint density at radius 2 is 2.07 bits per heavy atom. The summed E-state index contributed by atoms with van der Waals surface area (Å²) < 4.78 is 10.3. The summed E-state index contributed by atoms with van der Waals surface area (Å²) in [6.07, 6.45) is 5.72. The van der Waals surface area contributed by atoms with Gasteiger partial charge >= 0.3 is 5.97 Å². The van der Waals surface area contributed by atoms with Crippen molar-refractivity contribution in [1.82, 2.24) is 10.2 Å². The Bertz CT molecular complexity index is 626. The van der Waals surface area contributed by atoms with Crippen molar-refractivity contribution in [2.75, 3.05) is 13.2 Å². The van der Waals surface area contributed by atoms with Crippen LogP contribution in [0.25, 0.3) is 0 Å². The van der Waals surface area contributed by atoms with Gasteiger partial charge in [-0.2, -0.15) is 0 Å². The molecule has 1 aromatic rings. The molecular weight excluding hydrogens is 348 g/mol. The number of nitrogens with one attached hydrogen (secondary N) is 1. The highest BCUT2D eigenvalue weighted by Crippen LogP contribution is 2.21. The molecule has 1 unspecified atom stereocenters. The van der Waals surface area contributed by atoms with E-state index in [1.54, 1.807) is 12.1 Å². The summed E-state index contributed by atoms with van der Waals surface area (Å²) in [5, 5.41) is 2.84. The van der Waals surface area contributed by atoms with E-state index in [0.29, 0.717) is 25.3 Å². The van der Waals surface area contributed by atoms with Crippen LogP contribution in [-0.4, -0.2) is 47.9 Å². The number of hydrogen-bond donors (Lipinski definition) is 1. The van der Waals surface area contributed by atoms with Crippen LogP contribution >= 0.6 is 0 Å². The lowest BCUT2D eigenvalue weighted by atomic mass is 10.0. The smallest absolute Gasteiger partial charge is 0.329 e. The molecule has 1 aliphatic rings. The molecule has 1 aliphatic heterocycles. The first kappa shape index (κ1) is 21.0. The molecular formula is C20H30N2O5. The second-order valence-corrected chi connectivity index (χ2v) is 7.53. The summed E-state index contributed by atoms with van der Waals surface area (Å²) in [4.78, 5) is 38.2. The van der Waals surface area contributed by atoms with Gasteiger partial charge in [0.2, 0.25) is 0 Å². The average molecular weight is 378 g/mol. The summed E-state index contributed by atoms with van der Waals surface area (Å²) in [6.45, 7) is 6.43. The zero-order valence-corrected chi connectivity index (χ0v) is 16.4. The first-order valence-corrected chi connectivity index (χ1v) is 9.69. The lowest BCUT2D eigenvalue weighted by Gasteiger charge is -2.22. The largest absolute Gasteiger partial charge is 0.459 e. The van der Waals surface area contributed by atoms with E-state index in [1.807, 2.05) is 6.92 Å². The van der Waals surface area contributed by atoms with Crippen LogP contribution in [0.4, 0.5) is 0 Å². The SMILES string of the molecule is CC(C)CCCC(C)NC(=O)COC(=O)[C@@H]1CCCN1C(=O)c1ccco1. The van der Waals surface area contributed by atoms with E-state index < -0.39 is 12.0 Å². The van der Waals surface area contributed by atoms with Gasteiger partial charge in [-0.05, 0) is 44.2 Å². The molecule has 2 rings (SSSR count). The van der Waals surface area contributed by atoms with Crippen LogP contribution < -0.4 is 5.32 Å². The maximum atomic E-state index is 12.4. The van der Waals surface area contributed by atoms with Crippen molar-refractivity contribution < 1.29 is 23.5 Å². The van der Waals surface area contributed by atoms with Crippen molar-refractivity contribution in [3.8, 4) is 0 Å². The van der Waals surface area contributed by atoms with Gasteiger partial charge in [0.15, 0.2) is 12.4 Å². The van der Waals surface area contributed by atoms with Crippen molar-refractivity contribution in [3.63, 3.8) is 0 Å². The highest BCUT2D eigenvalue weighted by Gasteiger charge is 2.36. The third-order valence-corrected chi connectivity index (χ3v) is 4.69. The number of nitrogens with zero attached hydrogens (tertiary/aromatic N) is 1. The summed E-state index contributed by atoms with van der Waals surface area (Å²) in [5.41, 5.74) is 0. The van der Waals surface area contributed by atoms with Crippen LogP contribution in [0, 0.1) is 5.92 Å². The molecule has 0 radical (unpaired) electrons. The lowest BCUT2D eigenvalue weighted by molar-refractivity contribution is -0.152. The van der Waals surface area contributed by atoms with E-state index in [1.165, 1.54) is 11.2 Å². The summed E-state index contributed by atoms with van der Waals surface area (Å²) in [7, 11) is 0. The van der Waals surface area contributed by atoms with Crippen LogP contribution in [0.5, 0.6) is 0 Å². The second kappa shape index (κ2) is 10.1. The highest BCUT2D eigenvalue weighted by atomic mass is 16.5. The molecule has 1 aromatic heterocycles. The molecule has 1 fully saturated rings. The van der Waals surface area contributed by atoms with Crippen LogP contribution in [-0.2, 0) is 14.3 Å². The molecule has 0 spiro atoms. The van der Waals surface area contributed by atoms with E-state index in [0.717, 1.165) is 19.3 Å². The molecule has 0 aromatic carbocycles. The van der Waals surface area contributed by atoms with Crippen molar-refractivity contribution >= 4 is 17.8 Å². The number of carbonyl (C=O) groups excluding carboxylic acids is 3. The minimum absolute atomic E-state index is 0.0402. The Kier molecular flexibility index (Phi) is 7.88. The zero-order chi connectivity index (χ0) is 19.8. The van der Waals surface area contributed by atoms with Gasteiger partial charge in [-0.15, -0.1) is 0 Å². The first-order chi connectivity index (χ1) is 12.9. The first-order valence-electron chi connectivity index (χ1n) is 9.69. The fraction of sp³-hybridized carbons (Fsp3) is 0.650. The minimum atomic E-state index is -0.668. The predicted molar refractivity (Wildman–Crippen MR) is 100 cm³/mol. The lowest BCUT2D eigenvalue weighted by Crippen LogP contribution is -2.43. The number of ether oxygens (including phenoxy) is 1. The standard InChI is InChI=1S/C20H30N2O5/c1-14(2)7-4-8-15(3)21-18(23)13-27-20(25)16-9-5-11-22(16)19(24)17-10-6-12-26-17/h6,10,12,14-16H,4-5,7-9,11,13H2,1-3H3,(H,21,23)/t15?,16-/m0/s1. The molecule has 27 heavy (non-hydrogen) atoms. The Morgan fingerprint density at radius 1 is 1.30 bits per heavy atom. The van der Waals surface area contributed by atoms with Crippen LogP contribution in [0.1, 0.15) is 63.4 Å². The van der Waals surface area contributed by atoms with Gasteiger partial charge in [0.25, 0.3) is 11.8 Å². The van der Waals surface area contributed by atoms with Crippen LogP contribution in [0.2, 0.25) is 0 Å². The number of rotatable bonds is 9. The Balaban J connectivity index is 1.75. The summed E-state index contributed by atoms with van der Waals surface area (Å²) >= 11 is 0. The van der Waals surface area contributed by atoms with E-state index in [-0.39, 0.29) is 30.2 Å². The summed E-state index contributed by atoms with van der Waals surface area (Å²) in [6, 6.07) is 2.57. The highest BCUT2D eigenvalue weighted by molar-refractivity contribution is 5.95. The number of esters is 1. The molecule has 2 heterocycles. The summed E-state index contributed by atoms with van der Waals surface area (Å²) in [5.74, 6) is -0.352. The molecule has 1 N–H and O–H groups in total. The molecule has 1 saturated heterocycles. The molecule has 0 saturated carbocycles. The van der Waals surface area contributed by atoms with E-state index >= 15 is 0 Å². The van der Waals surface area contributed by atoms with E-state index in [9.17, 15) is 14.4 Å². The zero-order valence-electron chi connectivity index (χ0n) is 16.4. The van der Waals surface area contributed by atoms with Gasteiger partial charge < -0.3 is 19.4 Å². The van der Waals surface area contributed by atoms with Gasteiger partial charge in [-0.1, -0.05) is 26.7 Å². The number of hydrogen-bond acceptors (Lipinski definition) is 5. The molecule has 7 nitrogen and oxygen atoms in total.